The van der Waals surface area contributed by atoms with E-state index in [0.29, 0.717) is 34.0 Å². The number of aryl methyl sites for hydroxylation is 1. The lowest BCUT2D eigenvalue weighted by molar-refractivity contribution is -0.128. The van der Waals surface area contributed by atoms with Crippen molar-refractivity contribution in [2.45, 2.75) is 32.7 Å². The largest absolute Gasteiger partial charge is 0.483 e. The van der Waals surface area contributed by atoms with Gasteiger partial charge in [0.25, 0.3) is 12.9 Å². The molecule has 0 unspecified atom stereocenters. The highest BCUT2D eigenvalue weighted by Crippen LogP contribution is 2.34. The first kappa shape index (κ1) is 32.6. The van der Waals surface area contributed by atoms with Crippen LogP contribution in [-0.2, 0) is 16.0 Å². The number of nitrogens with zero attached hydrogens (tertiary/aromatic N) is 5. The number of pyridine rings is 1. The molecule has 0 bridgehead atoms. The number of aromatic nitrogens is 3. The first-order valence-electron chi connectivity index (χ1n) is 13.1. The zero-order valence-corrected chi connectivity index (χ0v) is 24.6. The Labute approximate surface area is 247 Å². The predicted octanol–water partition coefficient (Wildman–Crippen LogP) is 5.69. The zero-order chi connectivity index (χ0) is 31.8. The van der Waals surface area contributed by atoms with E-state index in [1.54, 1.807) is 34.1 Å². The summed E-state index contributed by atoms with van der Waals surface area (Å²) in [4.78, 5) is 37.6. The van der Waals surface area contributed by atoms with Crippen LogP contribution in [0, 0.1) is 12.7 Å². The van der Waals surface area contributed by atoms with Gasteiger partial charge in [0.05, 0.1) is 42.5 Å². The fourth-order valence-electron chi connectivity index (χ4n) is 4.35. The number of methoxy groups -OCH3 is 1. The Balaban J connectivity index is 0.00000162. The van der Waals surface area contributed by atoms with Gasteiger partial charge in [0.1, 0.15) is 17.5 Å². The summed E-state index contributed by atoms with van der Waals surface area (Å²) in [6, 6.07) is 10.8. The van der Waals surface area contributed by atoms with Crippen molar-refractivity contribution in [2.75, 3.05) is 38.5 Å². The molecular formula is C30H33F3N6O4. The molecule has 43 heavy (non-hydrogen) atoms. The number of amides is 1. The molecule has 2 aromatic heterocycles. The molecule has 2 aromatic carbocycles. The number of halogens is 3. The fraction of sp³-hybridized carbons (Fsp3) is 0.300. The molecule has 2 heterocycles. The highest BCUT2D eigenvalue weighted by Gasteiger charge is 2.21. The molecule has 0 aliphatic carbocycles. The second-order valence-electron chi connectivity index (χ2n) is 9.73. The number of hydrogen-bond donors (Lipinski definition) is 2. The lowest BCUT2D eigenvalue weighted by atomic mass is 10.0. The zero-order valence-electron chi connectivity index (χ0n) is 24.6. The molecule has 10 nitrogen and oxygen atoms in total. The van der Waals surface area contributed by atoms with Crippen molar-refractivity contribution in [1.29, 1.82) is 0 Å². The minimum Gasteiger partial charge on any atom is -0.483 e. The molecule has 4 aromatic rings. The molecule has 2 N–H and O–H groups in total. The molecule has 228 valence electrons. The van der Waals surface area contributed by atoms with Crippen LogP contribution in [0.25, 0.3) is 10.9 Å². The number of rotatable bonds is 9. The number of alkyl halides is 2. The fourth-order valence-corrected chi connectivity index (χ4v) is 4.35. The minimum atomic E-state index is -2.92. The van der Waals surface area contributed by atoms with E-state index in [9.17, 15) is 18.0 Å². The van der Waals surface area contributed by atoms with Crippen LogP contribution in [0.2, 0.25) is 0 Å². The van der Waals surface area contributed by atoms with E-state index >= 15 is 0 Å². The lowest BCUT2D eigenvalue weighted by Gasteiger charge is -2.22. The number of likely N-dealkylation sites (N-methyl/N-ethyl adjacent to an activating group) is 1. The van der Waals surface area contributed by atoms with Crippen LogP contribution in [0.1, 0.15) is 41.9 Å². The Hall–Kier alpha value is -4.94. The Bertz CT molecular complexity index is 1600. The van der Waals surface area contributed by atoms with Crippen molar-refractivity contribution < 1.29 is 32.6 Å². The molecule has 0 fully saturated rings. The van der Waals surface area contributed by atoms with Gasteiger partial charge in [-0.05, 0) is 38.1 Å². The minimum absolute atomic E-state index is 0.0847. The van der Waals surface area contributed by atoms with Gasteiger partial charge in [-0.25, -0.2) is 28.1 Å². The number of nitrogens with one attached hydrogen (secondary N) is 1. The third kappa shape index (κ3) is 7.67. The van der Waals surface area contributed by atoms with Crippen LogP contribution in [-0.4, -0.2) is 65.6 Å². The van der Waals surface area contributed by atoms with Gasteiger partial charge >= 0.3 is 0 Å². The van der Waals surface area contributed by atoms with Crippen molar-refractivity contribution in [3.63, 3.8) is 0 Å². The Kier molecular flexibility index (Phi) is 10.8. The van der Waals surface area contributed by atoms with Crippen molar-refractivity contribution in [1.82, 2.24) is 19.9 Å². The second kappa shape index (κ2) is 14.3. The number of hydrogen-bond acceptors (Lipinski definition) is 8. The highest BCUT2D eigenvalue weighted by atomic mass is 19.3. The van der Waals surface area contributed by atoms with Crippen molar-refractivity contribution in [3.8, 4) is 5.88 Å². The average molecular weight is 599 g/mol. The molecule has 1 amide bonds. The number of carboxylic acid groups (broad SMARTS) is 1. The first-order chi connectivity index (χ1) is 20.4. The van der Waals surface area contributed by atoms with Gasteiger partial charge in [0, 0.05) is 43.3 Å². The smallest absolute Gasteiger partial charge is 0.290 e. The Morgan fingerprint density at radius 1 is 1.09 bits per heavy atom. The van der Waals surface area contributed by atoms with E-state index in [4.69, 9.17) is 14.6 Å². The molecule has 0 aliphatic rings. The number of ether oxygens (including phenoxy) is 1. The van der Waals surface area contributed by atoms with Crippen LogP contribution in [0.15, 0.2) is 48.7 Å². The van der Waals surface area contributed by atoms with E-state index in [1.807, 2.05) is 36.2 Å². The second-order valence-corrected chi connectivity index (χ2v) is 9.73. The van der Waals surface area contributed by atoms with Gasteiger partial charge in [-0.2, -0.15) is 0 Å². The maximum Gasteiger partial charge on any atom is 0.290 e. The predicted molar refractivity (Wildman–Crippen MR) is 158 cm³/mol. The van der Waals surface area contributed by atoms with Crippen LogP contribution >= 0.6 is 0 Å². The lowest BCUT2D eigenvalue weighted by Crippen LogP contribution is -2.24. The Morgan fingerprint density at radius 3 is 2.40 bits per heavy atom. The summed E-state index contributed by atoms with van der Waals surface area (Å²) < 4.78 is 46.7. The van der Waals surface area contributed by atoms with Gasteiger partial charge in [0.15, 0.2) is 0 Å². The maximum absolute atomic E-state index is 14.8. The van der Waals surface area contributed by atoms with Gasteiger partial charge in [-0.1, -0.05) is 18.2 Å². The van der Waals surface area contributed by atoms with Crippen LogP contribution in [0.4, 0.5) is 30.4 Å². The molecule has 4 rings (SSSR count). The number of anilines is 3. The van der Waals surface area contributed by atoms with Gasteiger partial charge in [-0.3, -0.25) is 9.59 Å². The van der Waals surface area contributed by atoms with Crippen LogP contribution in [0.5, 0.6) is 5.88 Å². The molecule has 1 atom stereocenters. The molecule has 0 saturated heterocycles. The van der Waals surface area contributed by atoms with E-state index in [-0.39, 0.29) is 24.4 Å². The summed E-state index contributed by atoms with van der Waals surface area (Å²) in [6.45, 7) is 3.18. The van der Waals surface area contributed by atoms with E-state index in [2.05, 4.69) is 20.3 Å². The number of benzene rings is 2. The first-order valence-corrected chi connectivity index (χ1v) is 13.1. The summed E-state index contributed by atoms with van der Waals surface area (Å²) in [5.74, 6) is 0.289. The maximum atomic E-state index is 14.8. The van der Waals surface area contributed by atoms with E-state index < -0.39 is 23.8 Å². The standard InChI is InChI=1S/C29H31F3N6O2.CH2O2/c1-16(21-8-7-9-22(26(21)30)27(31)32)34-28-23-14-19(10-11-24(23)35-17(2)36-28)38(5)20-12-18(13-25(39)37(3)4)29(40-6)33-15-20;2-1-3/h7-12,14-16,27H,13H2,1-6H3,(H,34,35,36);1H,(H,2,3)/t16-;/m1./s1. The highest BCUT2D eigenvalue weighted by molar-refractivity contribution is 5.92. The summed E-state index contributed by atoms with van der Waals surface area (Å²) in [7, 11) is 6.74. The summed E-state index contributed by atoms with van der Waals surface area (Å²) in [5, 5.41) is 10.7. The molecule has 0 spiro atoms. The third-order valence-corrected chi connectivity index (χ3v) is 6.62. The van der Waals surface area contributed by atoms with Crippen LogP contribution < -0.4 is 15.0 Å². The number of fused-ring (bicyclic) bond motifs is 1. The molecule has 13 heteroatoms. The molecule has 0 radical (unpaired) electrons. The number of carbonyl (C=O) groups is 2. The summed E-state index contributed by atoms with van der Waals surface area (Å²) in [5.41, 5.74) is 2.28. The molecule has 0 aliphatic heterocycles. The molecular weight excluding hydrogens is 565 g/mol. The number of carbonyl (C=O) groups excluding carboxylic acids is 1. The SMILES string of the molecule is COc1ncc(N(C)c2ccc3nc(C)nc(N[C@H](C)c4cccc(C(F)F)c4F)c3c2)cc1CC(=O)N(C)C.O=CO. The summed E-state index contributed by atoms with van der Waals surface area (Å²) >= 11 is 0. The quantitative estimate of drug-likeness (QED) is 0.234. The Morgan fingerprint density at radius 2 is 1.77 bits per heavy atom. The van der Waals surface area contributed by atoms with Crippen molar-refractivity contribution in [3.05, 3.63) is 77.0 Å². The van der Waals surface area contributed by atoms with E-state index in [1.165, 1.54) is 24.1 Å². The average Bonchev–Trinajstić information content (AvgIpc) is 2.96. The normalized spacial score (nSPS) is 11.4. The molecule has 0 saturated carbocycles. The monoisotopic (exact) mass is 598 g/mol. The van der Waals surface area contributed by atoms with Gasteiger partial charge < -0.3 is 25.0 Å². The van der Waals surface area contributed by atoms with Crippen molar-refractivity contribution in [2.24, 2.45) is 0 Å². The van der Waals surface area contributed by atoms with Crippen LogP contribution in [0.3, 0.4) is 0 Å². The topological polar surface area (TPSA) is 121 Å². The van der Waals surface area contributed by atoms with Gasteiger partial charge in [0.2, 0.25) is 11.8 Å². The van der Waals surface area contributed by atoms with Crippen molar-refractivity contribution >= 4 is 40.5 Å². The third-order valence-electron chi connectivity index (χ3n) is 6.62. The van der Waals surface area contributed by atoms with Gasteiger partial charge in [-0.15, -0.1) is 0 Å². The van der Waals surface area contributed by atoms with E-state index in [0.717, 1.165) is 17.4 Å². The summed E-state index contributed by atoms with van der Waals surface area (Å²) in [6.07, 6.45) is -1.13.